The van der Waals surface area contributed by atoms with Gasteiger partial charge in [0.1, 0.15) is 11.8 Å². The number of nitrogens with zero attached hydrogens (tertiary/aromatic N) is 1. The first-order chi connectivity index (χ1) is 18.0. The second kappa shape index (κ2) is 13.5. The highest BCUT2D eigenvalue weighted by Gasteiger charge is 2.32. The van der Waals surface area contributed by atoms with Crippen LogP contribution in [-0.2, 0) is 22.6 Å². The summed E-state index contributed by atoms with van der Waals surface area (Å²) in [5.74, 6) is 0.0587. The lowest BCUT2D eigenvalue weighted by molar-refractivity contribution is -0.143. The molecule has 3 aromatic rings. The van der Waals surface area contributed by atoms with Crippen molar-refractivity contribution in [2.24, 2.45) is 0 Å². The minimum absolute atomic E-state index is 0.130. The molecule has 1 N–H and O–H groups in total. The minimum Gasteiger partial charge on any atom is -0.484 e. The molecule has 0 saturated heterocycles. The van der Waals surface area contributed by atoms with E-state index in [2.05, 4.69) is 5.32 Å². The number of halogens is 2. The fourth-order valence-electron chi connectivity index (χ4n) is 4.72. The smallest absolute Gasteiger partial charge is 0.261 e. The lowest BCUT2D eigenvalue weighted by atomic mass is 9.94. The summed E-state index contributed by atoms with van der Waals surface area (Å²) in [6.45, 7) is 0.0107. The number of nitrogens with one attached hydrogen (secondary N) is 1. The zero-order valence-corrected chi connectivity index (χ0v) is 22.3. The first-order valence-corrected chi connectivity index (χ1v) is 13.5. The number of carbonyl (C=O) groups is 2. The van der Waals surface area contributed by atoms with Crippen LogP contribution in [0.5, 0.6) is 5.75 Å². The minimum atomic E-state index is -0.709. The van der Waals surface area contributed by atoms with Gasteiger partial charge in [-0.2, -0.15) is 0 Å². The molecule has 1 aliphatic rings. The summed E-state index contributed by atoms with van der Waals surface area (Å²) >= 11 is 12.3. The molecule has 3 aromatic carbocycles. The average Bonchev–Trinajstić information content (AvgIpc) is 2.90. The maximum absolute atomic E-state index is 13.7. The third-order valence-corrected chi connectivity index (χ3v) is 7.09. The van der Waals surface area contributed by atoms with Gasteiger partial charge in [-0.25, -0.2) is 0 Å². The molecule has 1 atom stereocenters. The molecule has 1 aliphatic carbocycles. The van der Waals surface area contributed by atoms with Crippen LogP contribution in [0.25, 0.3) is 0 Å². The molecule has 5 nitrogen and oxygen atoms in total. The highest BCUT2D eigenvalue weighted by Crippen LogP contribution is 2.22. The van der Waals surface area contributed by atoms with Crippen molar-refractivity contribution in [3.05, 3.63) is 100 Å². The molecule has 0 unspecified atom stereocenters. The third-order valence-electron chi connectivity index (χ3n) is 6.62. The van der Waals surface area contributed by atoms with Crippen molar-refractivity contribution in [2.45, 2.75) is 57.2 Å². The number of ether oxygens (including phenoxy) is 1. The molecule has 0 aliphatic heterocycles. The van der Waals surface area contributed by atoms with Gasteiger partial charge in [0.25, 0.3) is 5.91 Å². The maximum atomic E-state index is 13.7. The van der Waals surface area contributed by atoms with E-state index in [9.17, 15) is 9.59 Å². The van der Waals surface area contributed by atoms with Crippen LogP contribution in [-0.4, -0.2) is 35.4 Å². The fraction of sp³-hybridized carbons (Fsp3) is 0.333. The summed E-state index contributed by atoms with van der Waals surface area (Å²) in [7, 11) is 0. The largest absolute Gasteiger partial charge is 0.484 e. The van der Waals surface area contributed by atoms with Crippen LogP contribution in [0, 0.1) is 0 Å². The van der Waals surface area contributed by atoms with Crippen LogP contribution < -0.4 is 10.1 Å². The van der Waals surface area contributed by atoms with Crippen molar-refractivity contribution in [1.29, 1.82) is 0 Å². The Morgan fingerprint density at radius 3 is 2.24 bits per heavy atom. The molecule has 0 aromatic heterocycles. The fourth-order valence-corrected chi connectivity index (χ4v) is 5.11. The van der Waals surface area contributed by atoms with Gasteiger partial charge in [-0.15, -0.1) is 0 Å². The van der Waals surface area contributed by atoms with E-state index in [1.165, 1.54) is 6.42 Å². The molecule has 37 heavy (non-hydrogen) atoms. The van der Waals surface area contributed by atoms with Crippen LogP contribution in [0.15, 0.2) is 78.9 Å². The molecule has 1 fully saturated rings. The first-order valence-electron chi connectivity index (χ1n) is 12.7. The molecule has 7 heteroatoms. The van der Waals surface area contributed by atoms with Gasteiger partial charge in [-0.1, -0.05) is 91.0 Å². The predicted octanol–water partition coefficient (Wildman–Crippen LogP) is 6.46. The topological polar surface area (TPSA) is 58.6 Å². The standard InChI is InChI=1S/C30H32Cl2N2O3/c31-24-12-7-11-23(17-24)20-34(29(35)21-37-27-16-8-13-25(32)19-27)28(18-22-9-3-1-4-10-22)30(36)33-26-14-5-2-6-15-26/h1,3-4,7-13,16-17,19,26,28H,2,5-6,14-15,18,20-21H2,(H,33,36)/t28-/m1/s1. The maximum Gasteiger partial charge on any atom is 0.261 e. The summed E-state index contributed by atoms with van der Waals surface area (Å²) in [5, 5.41) is 4.33. The van der Waals surface area contributed by atoms with E-state index in [1.54, 1.807) is 35.2 Å². The van der Waals surface area contributed by atoms with Crippen LogP contribution in [0.1, 0.15) is 43.2 Å². The van der Waals surface area contributed by atoms with Crippen molar-refractivity contribution in [1.82, 2.24) is 10.2 Å². The Morgan fingerprint density at radius 1 is 0.865 bits per heavy atom. The van der Waals surface area contributed by atoms with E-state index in [0.717, 1.165) is 36.8 Å². The number of hydrogen-bond acceptors (Lipinski definition) is 3. The molecule has 0 heterocycles. The molecular formula is C30H32Cl2N2O3. The SMILES string of the molecule is O=C(NC1CCCCC1)[C@@H](Cc1ccccc1)N(Cc1cccc(Cl)c1)C(=O)COc1cccc(Cl)c1. The molecule has 0 spiro atoms. The van der Waals surface area contributed by atoms with E-state index >= 15 is 0 Å². The van der Waals surface area contributed by atoms with Crippen molar-refractivity contribution in [3.8, 4) is 5.75 Å². The monoisotopic (exact) mass is 538 g/mol. The normalized spacial score (nSPS) is 14.5. The van der Waals surface area contributed by atoms with Gasteiger partial charge < -0.3 is 15.0 Å². The Kier molecular flexibility index (Phi) is 9.86. The Labute approximate surface area is 228 Å². The Balaban J connectivity index is 1.61. The lowest BCUT2D eigenvalue weighted by Crippen LogP contribution is -2.53. The quantitative estimate of drug-likeness (QED) is 0.322. The van der Waals surface area contributed by atoms with Crippen molar-refractivity contribution < 1.29 is 14.3 Å². The van der Waals surface area contributed by atoms with E-state index in [-0.39, 0.29) is 31.0 Å². The van der Waals surface area contributed by atoms with Gasteiger partial charge in [-0.3, -0.25) is 9.59 Å². The zero-order valence-electron chi connectivity index (χ0n) is 20.7. The highest BCUT2D eigenvalue weighted by molar-refractivity contribution is 6.30. The number of rotatable bonds is 10. The molecule has 0 radical (unpaired) electrons. The van der Waals surface area contributed by atoms with E-state index in [0.29, 0.717) is 22.2 Å². The van der Waals surface area contributed by atoms with Gasteiger partial charge in [-0.05, 0) is 54.3 Å². The first kappa shape index (κ1) is 27.0. The van der Waals surface area contributed by atoms with E-state index in [1.807, 2.05) is 48.5 Å². The summed E-state index contributed by atoms with van der Waals surface area (Å²) in [6.07, 6.45) is 5.72. The Morgan fingerprint density at radius 2 is 1.54 bits per heavy atom. The number of hydrogen-bond donors (Lipinski definition) is 1. The van der Waals surface area contributed by atoms with Crippen LogP contribution in [0.3, 0.4) is 0 Å². The molecular weight excluding hydrogens is 507 g/mol. The molecule has 0 bridgehead atoms. The second-order valence-electron chi connectivity index (χ2n) is 9.45. The average molecular weight is 540 g/mol. The number of benzene rings is 3. The van der Waals surface area contributed by atoms with Gasteiger partial charge in [0.05, 0.1) is 0 Å². The van der Waals surface area contributed by atoms with Gasteiger partial charge >= 0.3 is 0 Å². The molecule has 4 rings (SSSR count). The molecule has 2 amide bonds. The zero-order chi connectivity index (χ0) is 26.0. The van der Waals surface area contributed by atoms with Crippen molar-refractivity contribution in [2.75, 3.05) is 6.61 Å². The van der Waals surface area contributed by atoms with Crippen LogP contribution in [0.4, 0.5) is 0 Å². The van der Waals surface area contributed by atoms with Gasteiger partial charge in [0.15, 0.2) is 6.61 Å². The summed E-state index contributed by atoms with van der Waals surface area (Å²) < 4.78 is 5.79. The van der Waals surface area contributed by atoms with Gasteiger partial charge in [0, 0.05) is 29.1 Å². The predicted molar refractivity (Wildman–Crippen MR) is 148 cm³/mol. The highest BCUT2D eigenvalue weighted by atomic mass is 35.5. The summed E-state index contributed by atoms with van der Waals surface area (Å²) in [4.78, 5) is 29.0. The second-order valence-corrected chi connectivity index (χ2v) is 10.3. The molecule has 194 valence electrons. The van der Waals surface area contributed by atoms with Crippen LogP contribution in [0.2, 0.25) is 10.0 Å². The molecule has 1 saturated carbocycles. The lowest BCUT2D eigenvalue weighted by Gasteiger charge is -2.33. The van der Waals surface area contributed by atoms with E-state index in [4.69, 9.17) is 27.9 Å². The van der Waals surface area contributed by atoms with Crippen molar-refractivity contribution in [3.63, 3.8) is 0 Å². The number of carbonyl (C=O) groups excluding carboxylic acids is 2. The summed E-state index contributed by atoms with van der Waals surface area (Å²) in [6, 6.07) is 23.5. The Hall–Kier alpha value is -3.02. The summed E-state index contributed by atoms with van der Waals surface area (Å²) in [5.41, 5.74) is 1.82. The van der Waals surface area contributed by atoms with Crippen molar-refractivity contribution >= 4 is 35.0 Å². The third kappa shape index (κ3) is 8.24. The van der Waals surface area contributed by atoms with E-state index < -0.39 is 6.04 Å². The number of amides is 2. The van der Waals surface area contributed by atoms with Crippen LogP contribution >= 0.6 is 23.2 Å². The Bertz CT molecular complexity index is 1180. The van der Waals surface area contributed by atoms with Gasteiger partial charge in [0.2, 0.25) is 5.91 Å².